The summed E-state index contributed by atoms with van der Waals surface area (Å²) >= 11 is 0. The van der Waals surface area contributed by atoms with Crippen LogP contribution < -0.4 is 16.0 Å². The summed E-state index contributed by atoms with van der Waals surface area (Å²) < 4.78 is 5.23. The van der Waals surface area contributed by atoms with Crippen LogP contribution in [0.15, 0.2) is 27.8 Å². The first-order valence-electron chi connectivity index (χ1n) is 7.93. The molecule has 7 nitrogen and oxygen atoms in total. The predicted molar refractivity (Wildman–Crippen MR) is 106 cm³/mol. The van der Waals surface area contributed by atoms with Crippen LogP contribution in [0.4, 0.5) is 0 Å². The van der Waals surface area contributed by atoms with E-state index in [1.165, 1.54) is 6.26 Å². The van der Waals surface area contributed by atoms with Crippen LogP contribution in [-0.4, -0.2) is 42.6 Å². The predicted octanol–water partition coefficient (Wildman–Crippen LogP) is 1.57. The smallest absolute Gasteiger partial charge is 0.221 e. The lowest BCUT2D eigenvalue weighted by Gasteiger charge is -2.19. The molecule has 1 rings (SSSR count). The van der Waals surface area contributed by atoms with Crippen LogP contribution in [0.25, 0.3) is 0 Å². The molecule has 0 spiro atoms. The minimum atomic E-state index is -1.18. The van der Waals surface area contributed by atoms with Crippen LogP contribution in [0.1, 0.15) is 39.9 Å². The maximum Gasteiger partial charge on any atom is 0.221 e. The number of hydrogen-bond acceptors (Lipinski definition) is 4. The van der Waals surface area contributed by atoms with Gasteiger partial charge < -0.3 is 25.5 Å². The average Bonchev–Trinajstić information content (AvgIpc) is 2.99. The van der Waals surface area contributed by atoms with Crippen molar-refractivity contribution in [3.05, 3.63) is 24.2 Å². The third-order valence-corrected chi connectivity index (χ3v) is 3.04. The van der Waals surface area contributed by atoms with E-state index < -0.39 is 5.60 Å². The van der Waals surface area contributed by atoms with Crippen LogP contribution in [0, 0.1) is 0 Å². The van der Waals surface area contributed by atoms with Crippen molar-refractivity contribution in [3.63, 3.8) is 0 Å². The number of nitrogens with zero attached hydrogens (tertiary/aromatic N) is 1. The molecule has 0 aliphatic rings. The molecule has 0 aliphatic carbocycles. The third kappa shape index (κ3) is 8.53. The summed E-state index contributed by atoms with van der Waals surface area (Å²) in [7, 11) is 0. The van der Waals surface area contributed by atoms with Gasteiger partial charge in [0.05, 0.1) is 12.8 Å². The number of amides is 1. The number of nitrogens with one attached hydrogen (secondary N) is 3. The highest BCUT2D eigenvalue weighted by molar-refractivity contribution is 14.0. The van der Waals surface area contributed by atoms with Gasteiger partial charge >= 0.3 is 0 Å². The number of halogens is 1. The van der Waals surface area contributed by atoms with Crippen molar-refractivity contribution < 1.29 is 14.3 Å². The van der Waals surface area contributed by atoms with E-state index in [1.54, 1.807) is 19.1 Å². The van der Waals surface area contributed by atoms with Crippen molar-refractivity contribution in [2.75, 3.05) is 19.6 Å². The number of furan rings is 1. The number of guanidine groups is 1. The van der Waals surface area contributed by atoms with E-state index in [0.29, 0.717) is 31.2 Å². The summed E-state index contributed by atoms with van der Waals surface area (Å²) in [5.74, 6) is 1.01. The second-order valence-electron chi connectivity index (χ2n) is 5.85. The topological polar surface area (TPSA) is 98.9 Å². The second kappa shape index (κ2) is 11.3. The summed E-state index contributed by atoms with van der Waals surface area (Å²) in [5, 5.41) is 19.4. The van der Waals surface area contributed by atoms with Crippen molar-refractivity contribution in [2.45, 2.75) is 45.8 Å². The Bertz CT molecular complexity index is 501. The zero-order valence-corrected chi connectivity index (χ0v) is 17.1. The second-order valence-corrected chi connectivity index (χ2v) is 5.85. The summed E-state index contributed by atoms with van der Waals surface area (Å²) in [6.07, 6.45) is 1.88. The molecule has 24 heavy (non-hydrogen) atoms. The first-order chi connectivity index (χ1) is 10.8. The maximum absolute atomic E-state index is 11.6. The SMILES string of the molecule is CCNC(=NCC(C)(O)c1ccco1)NCCC(=O)NC(C)C.I. The molecule has 138 valence electrons. The third-order valence-electron chi connectivity index (χ3n) is 3.04. The minimum absolute atomic E-state index is 0. The molecule has 0 fully saturated rings. The minimum Gasteiger partial charge on any atom is -0.466 e. The van der Waals surface area contributed by atoms with E-state index in [1.807, 2.05) is 20.8 Å². The van der Waals surface area contributed by atoms with Gasteiger partial charge in [0.2, 0.25) is 5.91 Å². The molecule has 1 aromatic heterocycles. The molecular formula is C16H29IN4O3. The van der Waals surface area contributed by atoms with Gasteiger partial charge in [0, 0.05) is 25.6 Å². The van der Waals surface area contributed by atoms with Crippen LogP contribution in [0.3, 0.4) is 0 Å². The van der Waals surface area contributed by atoms with Crippen molar-refractivity contribution in [1.82, 2.24) is 16.0 Å². The molecule has 0 saturated carbocycles. The Balaban J connectivity index is 0.00000529. The lowest BCUT2D eigenvalue weighted by molar-refractivity contribution is -0.121. The van der Waals surface area contributed by atoms with Gasteiger partial charge in [0.15, 0.2) is 5.96 Å². The molecule has 0 bridgehead atoms. The van der Waals surface area contributed by atoms with E-state index in [2.05, 4.69) is 20.9 Å². The monoisotopic (exact) mass is 452 g/mol. The molecule has 1 atom stereocenters. The molecule has 1 unspecified atom stereocenters. The summed E-state index contributed by atoms with van der Waals surface area (Å²) in [5.41, 5.74) is -1.18. The molecule has 0 aliphatic heterocycles. The lowest BCUT2D eigenvalue weighted by Crippen LogP contribution is -2.41. The highest BCUT2D eigenvalue weighted by atomic mass is 127. The largest absolute Gasteiger partial charge is 0.466 e. The standard InChI is InChI=1S/C16H28N4O3.HI/c1-5-17-15(18-9-8-14(21)20-12(2)3)19-11-16(4,22)13-7-6-10-23-13;/h6-7,10,12,22H,5,8-9,11H2,1-4H3,(H,20,21)(H2,17,18,19);1H. The first kappa shape index (κ1) is 22.7. The fourth-order valence-electron chi connectivity index (χ4n) is 1.93. The molecule has 1 heterocycles. The fourth-order valence-corrected chi connectivity index (χ4v) is 1.93. The number of carbonyl (C=O) groups excluding carboxylic acids is 1. The van der Waals surface area contributed by atoms with Gasteiger partial charge in [-0.2, -0.15) is 0 Å². The molecule has 0 saturated heterocycles. The van der Waals surface area contributed by atoms with Gasteiger partial charge in [0.1, 0.15) is 11.4 Å². The van der Waals surface area contributed by atoms with Gasteiger partial charge in [-0.25, -0.2) is 4.99 Å². The maximum atomic E-state index is 11.6. The lowest BCUT2D eigenvalue weighted by atomic mass is 10.0. The van der Waals surface area contributed by atoms with E-state index >= 15 is 0 Å². The number of hydrogen-bond donors (Lipinski definition) is 4. The molecule has 0 radical (unpaired) electrons. The van der Waals surface area contributed by atoms with Gasteiger partial charge in [-0.3, -0.25) is 4.79 Å². The van der Waals surface area contributed by atoms with E-state index in [-0.39, 0.29) is 42.5 Å². The molecule has 0 aromatic carbocycles. The van der Waals surface area contributed by atoms with Gasteiger partial charge in [-0.05, 0) is 39.8 Å². The van der Waals surface area contributed by atoms with Crippen LogP contribution in [0.2, 0.25) is 0 Å². The Morgan fingerprint density at radius 2 is 2.12 bits per heavy atom. The van der Waals surface area contributed by atoms with Crippen LogP contribution in [-0.2, 0) is 10.4 Å². The van der Waals surface area contributed by atoms with E-state index in [4.69, 9.17) is 4.42 Å². The summed E-state index contributed by atoms with van der Waals surface area (Å²) in [6.45, 7) is 8.75. The molecular weight excluding hydrogens is 423 g/mol. The molecule has 4 N–H and O–H groups in total. The van der Waals surface area contributed by atoms with E-state index in [0.717, 1.165) is 0 Å². The summed E-state index contributed by atoms with van der Waals surface area (Å²) in [6, 6.07) is 3.57. The Morgan fingerprint density at radius 1 is 1.42 bits per heavy atom. The Morgan fingerprint density at radius 3 is 2.67 bits per heavy atom. The van der Waals surface area contributed by atoms with Crippen molar-refractivity contribution in [3.8, 4) is 0 Å². The number of aliphatic imine (C=N–C) groups is 1. The number of aliphatic hydroxyl groups is 1. The van der Waals surface area contributed by atoms with Crippen molar-refractivity contribution >= 4 is 35.8 Å². The Hall–Kier alpha value is -1.29. The normalized spacial score (nSPS) is 13.8. The Kier molecular flexibility index (Phi) is 10.7. The average molecular weight is 452 g/mol. The summed E-state index contributed by atoms with van der Waals surface area (Å²) in [4.78, 5) is 16.0. The van der Waals surface area contributed by atoms with Gasteiger partial charge in [-0.1, -0.05) is 0 Å². The zero-order chi connectivity index (χ0) is 17.3. The molecule has 1 amide bonds. The molecule has 8 heteroatoms. The van der Waals surface area contributed by atoms with Gasteiger partial charge in [-0.15, -0.1) is 24.0 Å². The quantitative estimate of drug-likeness (QED) is 0.273. The van der Waals surface area contributed by atoms with Crippen molar-refractivity contribution in [2.24, 2.45) is 4.99 Å². The van der Waals surface area contributed by atoms with Crippen LogP contribution in [0.5, 0.6) is 0 Å². The van der Waals surface area contributed by atoms with Gasteiger partial charge in [0.25, 0.3) is 0 Å². The van der Waals surface area contributed by atoms with Crippen LogP contribution >= 0.6 is 24.0 Å². The number of rotatable bonds is 8. The highest BCUT2D eigenvalue weighted by Crippen LogP contribution is 2.20. The number of carbonyl (C=O) groups is 1. The zero-order valence-electron chi connectivity index (χ0n) is 14.8. The van der Waals surface area contributed by atoms with E-state index in [9.17, 15) is 9.90 Å². The highest BCUT2D eigenvalue weighted by Gasteiger charge is 2.26. The molecule has 1 aromatic rings. The fraction of sp³-hybridized carbons (Fsp3) is 0.625. The van der Waals surface area contributed by atoms with Crippen molar-refractivity contribution in [1.29, 1.82) is 0 Å². The first-order valence-corrected chi connectivity index (χ1v) is 7.93. The Labute approximate surface area is 160 Å².